The summed E-state index contributed by atoms with van der Waals surface area (Å²) in [5.74, 6) is 0.803. The molecule has 1 N–H and O–H groups in total. The molecule has 1 aliphatic carbocycles. The van der Waals surface area contributed by atoms with Gasteiger partial charge in [0.1, 0.15) is 5.75 Å². The van der Waals surface area contributed by atoms with Crippen LogP contribution in [0.5, 0.6) is 5.75 Å². The monoisotopic (exact) mass is 331 g/mol. The van der Waals surface area contributed by atoms with Crippen LogP contribution in [0.15, 0.2) is 24.3 Å². The number of ether oxygens (including phenoxy) is 2. The molecule has 0 fully saturated rings. The molecular weight excluding hydrogens is 310 g/mol. The van der Waals surface area contributed by atoms with Gasteiger partial charge in [-0.2, -0.15) is 0 Å². The van der Waals surface area contributed by atoms with Gasteiger partial charge in [-0.1, -0.05) is 6.07 Å². The SMILES string of the molecule is COCc1ccc(C(=O)NCc2cc3c(cc2OC)CCC3)s1. The van der Waals surface area contributed by atoms with Gasteiger partial charge in [-0.05, 0) is 48.6 Å². The number of rotatable bonds is 6. The minimum absolute atomic E-state index is 0.0556. The first-order valence-corrected chi connectivity index (χ1v) is 8.57. The Balaban J connectivity index is 1.68. The van der Waals surface area contributed by atoms with E-state index in [9.17, 15) is 4.79 Å². The van der Waals surface area contributed by atoms with E-state index in [1.165, 1.54) is 28.9 Å². The summed E-state index contributed by atoms with van der Waals surface area (Å²) in [7, 11) is 3.33. The molecule has 122 valence electrons. The maximum Gasteiger partial charge on any atom is 0.261 e. The Morgan fingerprint density at radius 3 is 2.74 bits per heavy atom. The average molecular weight is 331 g/mol. The zero-order valence-corrected chi connectivity index (χ0v) is 14.3. The maximum atomic E-state index is 12.3. The van der Waals surface area contributed by atoms with Crippen molar-refractivity contribution in [3.63, 3.8) is 0 Å². The van der Waals surface area contributed by atoms with Crippen molar-refractivity contribution in [1.82, 2.24) is 5.32 Å². The molecule has 0 unspecified atom stereocenters. The van der Waals surface area contributed by atoms with Gasteiger partial charge in [0.05, 0.1) is 18.6 Å². The van der Waals surface area contributed by atoms with Gasteiger partial charge >= 0.3 is 0 Å². The van der Waals surface area contributed by atoms with Gasteiger partial charge in [0.2, 0.25) is 0 Å². The first-order valence-electron chi connectivity index (χ1n) is 7.75. The van der Waals surface area contributed by atoms with E-state index in [4.69, 9.17) is 9.47 Å². The van der Waals surface area contributed by atoms with Crippen molar-refractivity contribution in [3.05, 3.63) is 50.7 Å². The quantitative estimate of drug-likeness (QED) is 0.883. The number of benzene rings is 1. The van der Waals surface area contributed by atoms with E-state index >= 15 is 0 Å². The number of thiophene rings is 1. The van der Waals surface area contributed by atoms with Crippen LogP contribution in [-0.4, -0.2) is 20.1 Å². The number of nitrogens with one attached hydrogen (secondary N) is 1. The van der Waals surface area contributed by atoms with Crippen LogP contribution in [0, 0.1) is 0 Å². The van der Waals surface area contributed by atoms with Crippen LogP contribution in [0.3, 0.4) is 0 Å². The molecule has 0 aliphatic heterocycles. The smallest absolute Gasteiger partial charge is 0.261 e. The number of carbonyl (C=O) groups is 1. The lowest BCUT2D eigenvalue weighted by Crippen LogP contribution is -2.22. The van der Waals surface area contributed by atoms with Gasteiger partial charge in [0.15, 0.2) is 0 Å². The van der Waals surface area contributed by atoms with Crippen molar-refractivity contribution < 1.29 is 14.3 Å². The van der Waals surface area contributed by atoms with E-state index in [0.717, 1.165) is 29.0 Å². The molecule has 1 aromatic carbocycles. The third kappa shape index (κ3) is 3.57. The normalized spacial score (nSPS) is 13.0. The largest absolute Gasteiger partial charge is 0.496 e. The first kappa shape index (κ1) is 16.0. The molecule has 1 amide bonds. The van der Waals surface area contributed by atoms with Crippen LogP contribution < -0.4 is 10.1 Å². The Bertz CT molecular complexity index is 708. The van der Waals surface area contributed by atoms with Gasteiger partial charge in [0.25, 0.3) is 5.91 Å². The van der Waals surface area contributed by atoms with E-state index in [2.05, 4.69) is 17.4 Å². The van der Waals surface area contributed by atoms with Gasteiger partial charge in [-0.15, -0.1) is 11.3 Å². The molecule has 0 bridgehead atoms. The summed E-state index contributed by atoms with van der Waals surface area (Å²) >= 11 is 1.46. The number of amides is 1. The summed E-state index contributed by atoms with van der Waals surface area (Å²) in [5.41, 5.74) is 3.79. The van der Waals surface area contributed by atoms with Crippen molar-refractivity contribution in [2.45, 2.75) is 32.4 Å². The van der Waals surface area contributed by atoms with Crippen LogP contribution in [-0.2, 0) is 30.7 Å². The standard InChI is InChI=1S/C18H21NO3S/c1-21-11-15-6-7-17(23-15)18(20)19-10-14-8-12-4-3-5-13(12)9-16(14)22-2/h6-9H,3-5,10-11H2,1-2H3,(H,19,20). The van der Waals surface area contributed by atoms with Crippen LogP contribution in [0.25, 0.3) is 0 Å². The zero-order chi connectivity index (χ0) is 16.2. The highest BCUT2D eigenvalue weighted by atomic mass is 32.1. The number of methoxy groups -OCH3 is 2. The molecule has 2 aromatic rings. The molecule has 0 saturated heterocycles. The predicted octanol–water partition coefficient (Wildman–Crippen LogP) is 3.32. The summed E-state index contributed by atoms with van der Waals surface area (Å²) in [5, 5.41) is 2.99. The lowest BCUT2D eigenvalue weighted by atomic mass is 10.0. The molecular formula is C18H21NO3S. The summed E-state index contributed by atoms with van der Waals surface area (Å²) in [4.78, 5) is 14.0. The van der Waals surface area contributed by atoms with Gasteiger partial charge in [-0.3, -0.25) is 4.79 Å². The van der Waals surface area contributed by atoms with E-state index < -0.39 is 0 Å². The molecule has 0 radical (unpaired) electrons. The third-order valence-electron chi connectivity index (χ3n) is 4.11. The second kappa shape index (κ2) is 7.15. The fourth-order valence-electron chi connectivity index (χ4n) is 2.96. The lowest BCUT2D eigenvalue weighted by Gasteiger charge is -2.12. The Hall–Kier alpha value is -1.85. The molecule has 1 aromatic heterocycles. The molecule has 1 heterocycles. The van der Waals surface area contributed by atoms with E-state index in [1.807, 2.05) is 12.1 Å². The molecule has 0 spiro atoms. The number of hydrogen-bond acceptors (Lipinski definition) is 4. The van der Waals surface area contributed by atoms with E-state index in [1.54, 1.807) is 14.2 Å². The molecule has 4 nitrogen and oxygen atoms in total. The van der Waals surface area contributed by atoms with Crippen molar-refractivity contribution in [2.24, 2.45) is 0 Å². The number of aryl methyl sites for hydroxylation is 2. The Morgan fingerprint density at radius 1 is 1.22 bits per heavy atom. The van der Waals surface area contributed by atoms with Crippen molar-refractivity contribution in [2.75, 3.05) is 14.2 Å². The number of fused-ring (bicyclic) bond motifs is 1. The second-order valence-electron chi connectivity index (χ2n) is 5.67. The van der Waals surface area contributed by atoms with E-state index in [0.29, 0.717) is 18.0 Å². The fourth-order valence-corrected chi connectivity index (χ4v) is 3.86. The van der Waals surface area contributed by atoms with Crippen LogP contribution in [0.1, 0.15) is 37.7 Å². The molecule has 0 atom stereocenters. The van der Waals surface area contributed by atoms with Crippen LogP contribution in [0.4, 0.5) is 0 Å². The minimum Gasteiger partial charge on any atom is -0.496 e. The Kier molecular flexibility index (Phi) is 4.98. The third-order valence-corrected chi connectivity index (χ3v) is 5.16. The summed E-state index contributed by atoms with van der Waals surface area (Å²) in [6.07, 6.45) is 3.44. The van der Waals surface area contributed by atoms with Crippen LogP contribution in [0.2, 0.25) is 0 Å². The topological polar surface area (TPSA) is 47.6 Å². The first-order chi connectivity index (χ1) is 11.2. The molecule has 0 saturated carbocycles. The highest BCUT2D eigenvalue weighted by molar-refractivity contribution is 7.14. The number of hydrogen-bond donors (Lipinski definition) is 1. The molecule has 1 aliphatic rings. The molecule has 23 heavy (non-hydrogen) atoms. The fraction of sp³-hybridized carbons (Fsp3) is 0.389. The van der Waals surface area contributed by atoms with Gasteiger partial charge in [0, 0.05) is 24.1 Å². The Morgan fingerprint density at radius 2 is 2.00 bits per heavy atom. The van der Waals surface area contributed by atoms with Crippen LogP contribution >= 0.6 is 11.3 Å². The molecule has 5 heteroatoms. The Labute approximate surface area is 140 Å². The minimum atomic E-state index is -0.0556. The lowest BCUT2D eigenvalue weighted by molar-refractivity contribution is 0.0954. The molecule has 3 rings (SSSR count). The van der Waals surface area contributed by atoms with Crippen molar-refractivity contribution in [1.29, 1.82) is 0 Å². The average Bonchev–Trinajstić information content (AvgIpc) is 3.20. The second-order valence-corrected chi connectivity index (χ2v) is 6.84. The summed E-state index contributed by atoms with van der Waals surface area (Å²) < 4.78 is 10.6. The van der Waals surface area contributed by atoms with Gasteiger partial charge in [-0.25, -0.2) is 0 Å². The predicted molar refractivity (Wildman–Crippen MR) is 91.2 cm³/mol. The maximum absolute atomic E-state index is 12.3. The highest BCUT2D eigenvalue weighted by Crippen LogP contribution is 2.30. The summed E-state index contributed by atoms with van der Waals surface area (Å²) in [6.45, 7) is 1.02. The van der Waals surface area contributed by atoms with E-state index in [-0.39, 0.29) is 5.91 Å². The highest BCUT2D eigenvalue weighted by Gasteiger charge is 2.16. The van der Waals surface area contributed by atoms with Crippen molar-refractivity contribution >= 4 is 17.2 Å². The zero-order valence-electron chi connectivity index (χ0n) is 13.5. The number of carbonyl (C=O) groups excluding carboxylic acids is 1. The van der Waals surface area contributed by atoms with Gasteiger partial charge < -0.3 is 14.8 Å². The van der Waals surface area contributed by atoms with Crippen molar-refractivity contribution in [3.8, 4) is 5.75 Å². The summed E-state index contributed by atoms with van der Waals surface area (Å²) in [6, 6.07) is 8.06.